The molecule has 0 aromatic rings. The molecule has 5 N–H and O–H groups in total. The number of hydrogen-bond acceptors (Lipinski definition) is 7. The second-order valence-electron chi connectivity index (χ2n) is 3.29. The summed E-state index contributed by atoms with van der Waals surface area (Å²) in [6, 6.07) is 0. The predicted molar refractivity (Wildman–Crippen MR) is 45.3 cm³/mol. The van der Waals surface area contributed by atoms with Gasteiger partial charge in [0, 0.05) is 0 Å². The lowest BCUT2D eigenvalue weighted by Gasteiger charge is -2.37. The van der Waals surface area contributed by atoms with Gasteiger partial charge in [-0.05, 0) is 0 Å². The molecule has 90 valence electrons. The van der Waals surface area contributed by atoms with E-state index in [1.165, 1.54) is 0 Å². The smallest absolute Gasteiger partial charge is 0.267 e. The summed E-state index contributed by atoms with van der Waals surface area (Å²) in [4.78, 5) is 0. The molecular formula is C6H12O8S. The normalized spacial score (nSPS) is 42.9. The van der Waals surface area contributed by atoms with E-state index in [1.807, 2.05) is 0 Å². The molecule has 5 atom stereocenters. The summed E-state index contributed by atoms with van der Waals surface area (Å²) in [6.07, 6.45) is -8.47. The summed E-state index contributed by atoms with van der Waals surface area (Å²) in [5.41, 5.74) is 0. The van der Waals surface area contributed by atoms with Gasteiger partial charge in [0.1, 0.15) is 30.2 Å². The van der Waals surface area contributed by atoms with Gasteiger partial charge >= 0.3 is 0 Å². The highest BCUT2D eigenvalue weighted by atomic mass is 32.2. The fourth-order valence-corrected chi connectivity index (χ4v) is 1.97. The number of hydrogen-bond donors (Lipinski definition) is 5. The number of ether oxygens (including phenoxy) is 1. The Morgan fingerprint density at radius 3 is 2.00 bits per heavy atom. The van der Waals surface area contributed by atoms with Crippen LogP contribution in [0.15, 0.2) is 0 Å². The quantitative estimate of drug-likeness (QED) is 0.317. The molecular weight excluding hydrogens is 232 g/mol. The molecule has 15 heavy (non-hydrogen) atoms. The van der Waals surface area contributed by atoms with Crippen LogP contribution in [0.2, 0.25) is 0 Å². The first-order valence-electron chi connectivity index (χ1n) is 4.05. The first kappa shape index (κ1) is 12.8. The summed E-state index contributed by atoms with van der Waals surface area (Å²) in [7, 11) is -4.41. The highest BCUT2D eigenvalue weighted by molar-refractivity contribution is 7.85. The summed E-state index contributed by atoms with van der Waals surface area (Å²) in [6.45, 7) is 0. The monoisotopic (exact) mass is 244 g/mol. The lowest BCUT2D eigenvalue weighted by atomic mass is 10.0. The van der Waals surface area contributed by atoms with Gasteiger partial charge in [-0.25, -0.2) is 0 Å². The lowest BCUT2D eigenvalue weighted by Crippen LogP contribution is -2.59. The molecule has 1 rings (SSSR count). The van der Waals surface area contributed by atoms with E-state index in [0.29, 0.717) is 0 Å². The van der Waals surface area contributed by atoms with Crippen LogP contribution in [0.1, 0.15) is 0 Å². The standard InChI is InChI=1S/C6H12O8S/c7-3-2(1-15(11,12)13)14-6(10)5(9)4(3)8/h2-10H,1H2,(H,11,12,13)/t2-,3+,4+,5-,6+/m1/s1. The van der Waals surface area contributed by atoms with Crippen LogP contribution in [0.25, 0.3) is 0 Å². The Bertz CT molecular complexity index is 313. The summed E-state index contributed by atoms with van der Waals surface area (Å²) in [5.74, 6) is -0.977. The maximum absolute atomic E-state index is 10.5. The Balaban J connectivity index is 2.75. The maximum atomic E-state index is 10.5. The van der Waals surface area contributed by atoms with Crippen molar-refractivity contribution >= 4 is 10.1 Å². The van der Waals surface area contributed by atoms with Crippen molar-refractivity contribution in [3.05, 3.63) is 0 Å². The van der Waals surface area contributed by atoms with Crippen molar-refractivity contribution in [2.24, 2.45) is 0 Å². The van der Waals surface area contributed by atoms with Gasteiger partial charge in [0.05, 0.1) is 0 Å². The molecule has 8 nitrogen and oxygen atoms in total. The first-order chi connectivity index (χ1) is 6.72. The highest BCUT2D eigenvalue weighted by Gasteiger charge is 2.44. The molecule has 0 radical (unpaired) electrons. The predicted octanol–water partition coefficient (Wildman–Crippen LogP) is -3.33. The van der Waals surface area contributed by atoms with Crippen LogP contribution < -0.4 is 0 Å². The van der Waals surface area contributed by atoms with E-state index in [-0.39, 0.29) is 0 Å². The molecule has 0 aromatic heterocycles. The van der Waals surface area contributed by atoms with Crippen LogP contribution in [0, 0.1) is 0 Å². The van der Waals surface area contributed by atoms with Gasteiger partial charge in [0.15, 0.2) is 6.29 Å². The molecule has 0 aromatic carbocycles. The average Bonchev–Trinajstić information content (AvgIpc) is 2.08. The largest absolute Gasteiger partial charge is 0.388 e. The third-order valence-corrected chi connectivity index (χ3v) is 2.81. The van der Waals surface area contributed by atoms with Crippen molar-refractivity contribution in [1.82, 2.24) is 0 Å². The van der Waals surface area contributed by atoms with Crippen LogP contribution in [0.5, 0.6) is 0 Å². The Kier molecular flexibility index (Phi) is 3.66. The zero-order valence-electron chi connectivity index (χ0n) is 7.46. The fraction of sp³-hybridized carbons (Fsp3) is 1.00. The van der Waals surface area contributed by atoms with Gasteiger partial charge in [0.25, 0.3) is 10.1 Å². The molecule has 1 fully saturated rings. The molecule has 1 saturated heterocycles. The second kappa shape index (κ2) is 4.29. The number of rotatable bonds is 2. The van der Waals surface area contributed by atoms with Gasteiger partial charge in [0.2, 0.25) is 0 Å². The van der Waals surface area contributed by atoms with Gasteiger partial charge in [-0.15, -0.1) is 0 Å². The van der Waals surface area contributed by atoms with Crippen LogP contribution >= 0.6 is 0 Å². The summed E-state index contributed by atoms with van der Waals surface area (Å²) < 4.78 is 34.0. The second-order valence-corrected chi connectivity index (χ2v) is 4.78. The Morgan fingerprint density at radius 2 is 1.53 bits per heavy atom. The minimum Gasteiger partial charge on any atom is -0.388 e. The fourth-order valence-electron chi connectivity index (χ4n) is 1.28. The van der Waals surface area contributed by atoms with Crippen molar-refractivity contribution < 1.29 is 38.1 Å². The minimum atomic E-state index is -4.41. The topological polar surface area (TPSA) is 145 Å². The molecule has 9 heteroatoms. The van der Waals surface area contributed by atoms with Gasteiger partial charge < -0.3 is 25.2 Å². The van der Waals surface area contributed by atoms with Gasteiger partial charge in [-0.3, -0.25) is 4.55 Å². The Hall–Kier alpha value is -0.290. The first-order valence-corrected chi connectivity index (χ1v) is 5.66. The maximum Gasteiger partial charge on any atom is 0.267 e. The SMILES string of the molecule is O=S(=O)(O)C[C@H]1O[C@H](O)[C@H](O)[C@@H](O)[C@H]1O. The Labute approximate surface area is 85.5 Å². The summed E-state index contributed by atoms with van der Waals surface area (Å²) in [5, 5.41) is 36.5. The van der Waals surface area contributed by atoms with Gasteiger partial charge in [-0.1, -0.05) is 0 Å². The molecule has 0 aliphatic carbocycles. The Morgan fingerprint density at radius 1 is 1.00 bits per heavy atom. The molecule has 1 aliphatic heterocycles. The minimum absolute atomic E-state index is 0.977. The van der Waals surface area contributed by atoms with Crippen molar-refractivity contribution in [1.29, 1.82) is 0 Å². The van der Waals surface area contributed by atoms with Crippen molar-refractivity contribution in [2.45, 2.75) is 30.7 Å². The molecule has 0 saturated carbocycles. The van der Waals surface area contributed by atoms with E-state index in [9.17, 15) is 13.5 Å². The van der Waals surface area contributed by atoms with E-state index in [0.717, 1.165) is 0 Å². The molecule has 0 amide bonds. The average molecular weight is 244 g/mol. The van der Waals surface area contributed by atoms with Gasteiger partial charge in [-0.2, -0.15) is 8.42 Å². The van der Waals surface area contributed by atoms with E-state index < -0.39 is 46.6 Å². The van der Waals surface area contributed by atoms with Crippen LogP contribution in [-0.4, -0.2) is 69.9 Å². The molecule has 1 heterocycles. The highest BCUT2D eigenvalue weighted by Crippen LogP contribution is 2.20. The lowest BCUT2D eigenvalue weighted by molar-refractivity contribution is -0.276. The van der Waals surface area contributed by atoms with Crippen LogP contribution in [0.3, 0.4) is 0 Å². The molecule has 0 spiro atoms. The van der Waals surface area contributed by atoms with Crippen LogP contribution in [0.4, 0.5) is 0 Å². The third-order valence-electron chi connectivity index (χ3n) is 2.06. The van der Waals surface area contributed by atoms with Crippen LogP contribution in [-0.2, 0) is 14.9 Å². The van der Waals surface area contributed by atoms with E-state index in [4.69, 9.17) is 19.9 Å². The molecule has 0 bridgehead atoms. The zero-order valence-corrected chi connectivity index (χ0v) is 8.28. The molecule has 0 unspecified atom stereocenters. The van der Waals surface area contributed by atoms with Crippen molar-refractivity contribution in [3.8, 4) is 0 Å². The third kappa shape index (κ3) is 3.08. The van der Waals surface area contributed by atoms with E-state index in [1.54, 1.807) is 0 Å². The van der Waals surface area contributed by atoms with Crippen molar-refractivity contribution in [3.63, 3.8) is 0 Å². The number of aliphatic hydroxyl groups excluding tert-OH is 4. The molecule has 1 aliphatic rings. The van der Waals surface area contributed by atoms with E-state index in [2.05, 4.69) is 4.74 Å². The number of aliphatic hydroxyl groups is 4. The van der Waals surface area contributed by atoms with Crippen molar-refractivity contribution in [2.75, 3.05) is 5.75 Å². The zero-order chi connectivity index (χ0) is 11.8. The van der Waals surface area contributed by atoms with E-state index >= 15 is 0 Å². The summed E-state index contributed by atoms with van der Waals surface area (Å²) >= 11 is 0.